The molecule has 27 heavy (non-hydrogen) atoms. The van der Waals surface area contributed by atoms with Crippen molar-refractivity contribution < 1.29 is 18.4 Å². The van der Waals surface area contributed by atoms with E-state index in [1.807, 2.05) is 6.92 Å². The van der Waals surface area contributed by atoms with Crippen molar-refractivity contribution in [3.63, 3.8) is 0 Å². The van der Waals surface area contributed by atoms with Crippen molar-refractivity contribution >= 4 is 5.78 Å². The molecule has 2 fully saturated rings. The predicted molar refractivity (Wildman–Crippen MR) is 105 cm³/mol. The Morgan fingerprint density at radius 3 is 2.78 bits per heavy atom. The molecular weight excluding hydrogens is 338 g/mol. The molecule has 0 aromatic heterocycles. The Morgan fingerprint density at radius 2 is 2.11 bits per heavy atom. The first-order valence-electron chi connectivity index (χ1n) is 11.5. The molecular formula is C23H31NO3. The number of rotatable bonds is 1. The number of methoxy groups -OCH3 is 1. The summed E-state index contributed by atoms with van der Waals surface area (Å²) in [5.74, 6) is 0.101. The van der Waals surface area contributed by atoms with Crippen LogP contribution in [0.15, 0.2) is 6.07 Å². The topological polar surface area (TPSA) is 38.8 Å². The van der Waals surface area contributed by atoms with Gasteiger partial charge in [-0.3, -0.25) is 9.69 Å². The van der Waals surface area contributed by atoms with Crippen LogP contribution in [0.2, 0.25) is 0 Å². The molecule has 0 radical (unpaired) electrons. The Hall–Kier alpha value is -1.55. The maximum Gasteiger partial charge on any atom is 0.174 e. The van der Waals surface area contributed by atoms with E-state index < -0.39 is 23.7 Å². The fourth-order valence-corrected chi connectivity index (χ4v) is 6.77. The lowest BCUT2D eigenvalue weighted by Crippen LogP contribution is -2.75. The molecule has 146 valence electrons. The summed E-state index contributed by atoms with van der Waals surface area (Å²) in [5.41, 5.74) is 1.74. The zero-order valence-electron chi connectivity index (χ0n) is 20.3. The van der Waals surface area contributed by atoms with Crippen LogP contribution in [0.25, 0.3) is 0 Å². The minimum atomic E-state index is -2.10. The molecule has 1 spiro atoms. The minimum absolute atomic E-state index is 0.0129. The van der Waals surface area contributed by atoms with E-state index in [2.05, 4.69) is 45.7 Å². The summed E-state index contributed by atoms with van der Waals surface area (Å²) in [5, 5.41) is 0. The summed E-state index contributed by atoms with van der Waals surface area (Å²) < 4.78 is 38.6. The highest BCUT2D eigenvalue weighted by Gasteiger charge is 2.72. The normalized spacial score (nSPS) is 47.4. The molecule has 2 unspecified atom stereocenters. The first-order chi connectivity index (χ1) is 13.8. The van der Waals surface area contributed by atoms with Crippen LogP contribution < -0.4 is 9.47 Å². The average Bonchev–Trinajstić information content (AvgIpc) is 2.93. The van der Waals surface area contributed by atoms with Crippen molar-refractivity contribution in [3.8, 4) is 11.5 Å². The molecule has 5 rings (SSSR count). The number of ketones is 1. The number of hydrogen-bond acceptors (Lipinski definition) is 4. The molecule has 1 saturated heterocycles. The maximum atomic E-state index is 13.6. The van der Waals surface area contributed by atoms with Crippen LogP contribution in [0, 0.1) is 18.8 Å². The van der Waals surface area contributed by atoms with Crippen LogP contribution in [0.5, 0.6) is 11.5 Å². The summed E-state index contributed by atoms with van der Waals surface area (Å²) in [6.07, 6.45) is -3.99. The van der Waals surface area contributed by atoms with E-state index in [1.165, 1.54) is 0 Å². The van der Waals surface area contributed by atoms with Crippen LogP contribution in [-0.4, -0.2) is 42.5 Å². The number of ether oxygens (including phenoxy) is 2. The van der Waals surface area contributed by atoms with Gasteiger partial charge in [0.05, 0.1) is 13.9 Å². The van der Waals surface area contributed by atoms with Crippen LogP contribution in [0.4, 0.5) is 0 Å². The number of carbonyl (C=O) groups excluding carboxylic acids is 1. The Balaban J connectivity index is 1.97. The van der Waals surface area contributed by atoms with Gasteiger partial charge in [-0.05, 0) is 63.1 Å². The van der Waals surface area contributed by atoms with Gasteiger partial charge in [0.2, 0.25) is 0 Å². The van der Waals surface area contributed by atoms with Crippen molar-refractivity contribution in [1.29, 1.82) is 0 Å². The van der Waals surface area contributed by atoms with Gasteiger partial charge < -0.3 is 9.47 Å². The summed E-state index contributed by atoms with van der Waals surface area (Å²) >= 11 is 0. The third kappa shape index (κ3) is 1.69. The molecule has 2 aliphatic carbocycles. The van der Waals surface area contributed by atoms with Crippen molar-refractivity contribution in [2.75, 3.05) is 14.2 Å². The van der Waals surface area contributed by atoms with Gasteiger partial charge in [0, 0.05) is 26.3 Å². The fraction of sp³-hybridized carbons (Fsp3) is 0.696. The lowest BCUT2D eigenvalue weighted by atomic mass is 9.43. The van der Waals surface area contributed by atoms with E-state index in [-0.39, 0.29) is 35.8 Å². The summed E-state index contributed by atoms with van der Waals surface area (Å²) in [7, 11) is 3.70. The number of aryl methyl sites for hydroxylation is 1. The number of likely N-dealkylation sites (N-methyl/N-ethyl adjacent to an activating group) is 1. The first-order valence-corrected chi connectivity index (χ1v) is 9.97. The van der Waals surface area contributed by atoms with E-state index in [0.717, 1.165) is 16.7 Å². The number of Topliss-reactive ketones (excluding diaryl/α,β-unsaturated/α-hetero) is 1. The summed E-state index contributed by atoms with van der Waals surface area (Å²) in [6, 6.07) is 2.15. The molecule has 1 aromatic rings. The van der Waals surface area contributed by atoms with Crippen molar-refractivity contribution in [2.24, 2.45) is 11.8 Å². The number of likely N-dealkylation sites (tertiary alicyclic amines) is 1. The first kappa shape index (κ1) is 14.4. The molecule has 6 atom stereocenters. The van der Waals surface area contributed by atoms with Gasteiger partial charge in [-0.25, -0.2) is 0 Å². The third-order valence-corrected chi connectivity index (χ3v) is 8.44. The molecule has 0 amide bonds. The minimum Gasteiger partial charge on any atom is -0.493 e. The predicted octanol–water partition coefficient (Wildman–Crippen LogP) is 3.83. The Morgan fingerprint density at radius 1 is 1.41 bits per heavy atom. The van der Waals surface area contributed by atoms with Crippen molar-refractivity contribution in [3.05, 3.63) is 22.8 Å². The largest absolute Gasteiger partial charge is 0.493 e. The lowest BCUT2D eigenvalue weighted by Gasteiger charge is -2.67. The van der Waals surface area contributed by atoms with Crippen LogP contribution in [0.1, 0.15) is 67.2 Å². The van der Waals surface area contributed by atoms with Gasteiger partial charge in [0.25, 0.3) is 0 Å². The summed E-state index contributed by atoms with van der Waals surface area (Å²) in [4.78, 5) is 15.9. The average molecular weight is 373 g/mol. The fourth-order valence-electron chi connectivity index (χ4n) is 6.77. The SMILES string of the molecule is [2H]C1([2H])C[C@H]2[C@H]3C(C)c4cc(C)c(OC)c5c4[C@@]2(C(C)C(C)(C)N3C)[C@@]([2H])(O5)C1=O. The van der Waals surface area contributed by atoms with Crippen LogP contribution in [0.3, 0.4) is 0 Å². The summed E-state index contributed by atoms with van der Waals surface area (Å²) in [6.45, 7) is 10.6. The van der Waals surface area contributed by atoms with Gasteiger partial charge in [-0.15, -0.1) is 0 Å². The highest BCUT2D eigenvalue weighted by atomic mass is 16.5. The molecule has 4 nitrogen and oxygen atoms in total. The Kier molecular flexibility index (Phi) is 2.72. The number of nitrogens with zero attached hydrogens (tertiary/aromatic N) is 1. The molecule has 4 heteroatoms. The van der Waals surface area contributed by atoms with E-state index in [0.29, 0.717) is 11.5 Å². The zero-order valence-corrected chi connectivity index (χ0v) is 17.3. The molecule has 2 aliphatic heterocycles. The number of benzene rings is 1. The second-order valence-corrected chi connectivity index (χ2v) is 9.40. The third-order valence-electron chi connectivity index (χ3n) is 8.44. The van der Waals surface area contributed by atoms with E-state index in [9.17, 15) is 6.17 Å². The zero-order chi connectivity index (χ0) is 22.2. The van der Waals surface area contributed by atoms with Crippen LogP contribution in [-0.2, 0) is 10.2 Å². The highest BCUT2D eigenvalue weighted by molar-refractivity contribution is 5.89. The van der Waals surface area contributed by atoms with E-state index in [4.69, 9.17) is 12.2 Å². The number of carbonyl (C=O) groups is 1. The van der Waals surface area contributed by atoms with Gasteiger partial charge >= 0.3 is 0 Å². The Bertz CT molecular complexity index is 992. The molecule has 2 bridgehead atoms. The van der Waals surface area contributed by atoms with Crippen molar-refractivity contribution in [1.82, 2.24) is 4.90 Å². The monoisotopic (exact) mass is 372 g/mol. The van der Waals surface area contributed by atoms with Gasteiger partial charge in [0.1, 0.15) is 0 Å². The smallest absolute Gasteiger partial charge is 0.174 e. The molecule has 0 N–H and O–H groups in total. The quantitative estimate of drug-likeness (QED) is 0.751. The molecule has 1 saturated carbocycles. The van der Waals surface area contributed by atoms with Gasteiger partial charge in [-0.1, -0.05) is 19.9 Å². The molecule has 4 aliphatic rings. The maximum absolute atomic E-state index is 13.6. The van der Waals surface area contributed by atoms with Crippen LogP contribution >= 0.6 is 0 Å². The molecule has 2 heterocycles. The van der Waals surface area contributed by atoms with E-state index >= 15 is 0 Å². The standard InChI is InChI=1S/C23H31NO3/c1-11-10-14-12(2)18-15-8-9-16(25)21-23(15,13(3)22(4,5)24(18)6)17(14)20(27-21)19(11)26-7/h10,12-13,15,18,21H,8-9H2,1-7H3/t12?,13?,15-,18+,21-,23-/m0/s1/i9D2,21D. The number of hydrogen-bond donors (Lipinski definition) is 0. The highest BCUT2D eigenvalue weighted by Crippen LogP contribution is 2.69. The van der Waals surface area contributed by atoms with E-state index in [1.54, 1.807) is 7.11 Å². The van der Waals surface area contributed by atoms with Gasteiger partial charge in [0.15, 0.2) is 23.4 Å². The Labute approximate surface area is 166 Å². The van der Waals surface area contributed by atoms with Gasteiger partial charge in [-0.2, -0.15) is 0 Å². The van der Waals surface area contributed by atoms with Crippen molar-refractivity contribution in [2.45, 2.75) is 76.4 Å². The number of piperidine rings is 1. The second-order valence-electron chi connectivity index (χ2n) is 9.40. The lowest BCUT2D eigenvalue weighted by molar-refractivity contribution is -0.161. The second kappa shape index (κ2) is 5.08. The molecule has 1 aromatic carbocycles.